The summed E-state index contributed by atoms with van der Waals surface area (Å²) in [5, 5.41) is 13.3. The van der Waals surface area contributed by atoms with E-state index in [-0.39, 0.29) is 11.7 Å². The topological polar surface area (TPSA) is 94.3 Å². The van der Waals surface area contributed by atoms with Crippen LogP contribution in [0.15, 0.2) is 87.8 Å². The number of amides is 1. The minimum absolute atomic E-state index is 0.128. The zero-order valence-corrected chi connectivity index (χ0v) is 21.4. The number of ether oxygens (including phenoxy) is 1. The summed E-state index contributed by atoms with van der Waals surface area (Å²) in [4.78, 5) is 16.6. The van der Waals surface area contributed by atoms with Gasteiger partial charge in [0, 0.05) is 28.1 Å². The Bertz CT molecular complexity index is 1280. The van der Waals surface area contributed by atoms with Crippen molar-refractivity contribution in [2.24, 2.45) is 5.10 Å². The number of carbonyl (C=O) groups excluding carboxylic acids is 1. The van der Waals surface area contributed by atoms with Crippen LogP contribution in [0, 0.1) is 0 Å². The first-order valence-corrected chi connectivity index (χ1v) is 12.7. The fourth-order valence-corrected chi connectivity index (χ4v) is 4.09. The summed E-state index contributed by atoms with van der Waals surface area (Å²) in [7, 11) is 0. The number of nitrogens with one attached hydrogen (secondary N) is 1. The highest BCUT2D eigenvalue weighted by Crippen LogP contribution is 2.28. The molecule has 0 unspecified atom stereocenters. The molecular formula is C25H23BrN6O2S. The van der Waals surface area contributed by atoms with Crippen LogP contribution in [0.5, 0.6) is 5.75 Å². The van der Waals surface area contributed by atoms with Gasteiger partial charge in [0.25, 0.3) is 5.91 Å². The van der Waals surface area contributed by atoms with Gasteiger partial charge >= 0.3 is 0 Å². The number of nitrogens with zero attached hydrogens (tertiary/aromatic N) is 5. The first kappa shape index (κ1) is 24.6. The van der Waals surface area contributed by atoms with E-state index in [1.54, 1.807) is 18.6 Å². The molecule has 10 heteroatoms. The van der Waals surface area contributed by atoms with Crippen LogP contribution in [-0.4, -0.2) is 44.2 Å². The molecular weight excluding hydrogens is 528 g/mol. The van der Waals surface area contributed by atoms with Gasteiger partial charge in [0.1, 0.15) is 5.75 Å². The van der Waals surface area contributed by atoms with Gasteiger partial charge < -0.3 is 4.74 Å². The number of rotatable bonds is 10. The smallest absolute Gasteiger partial charge is 0.250 e. The van der Waals surface area contributed by atoms with Crippen LogP contribution in [0.25, 0.3) is 17.1 Å². The van der Waals surface area contributed by atoms with E-state index in [0.717, 1.165) is 33.5 Å². The number of pyridine rings is 1. The van der Waals surface area contributed by atoms with Crippen molar-refractivity contribution in [1.82, 2.24) is 25.2 Å². The summed E-state index contributed by atoms with van der Waals surface area (Å²) in [6, 6.07) is 19.1. The fraction of sp³-hybridized carbons (Fsp3) is 0.160. The van der Waals surface area contributed by atoms with Crippen LogP contribution in [-0.2, 0) is 4.79 Å². The third kappa shape index (κ3) is 6.77. The minimum Gasteiger partial charge on any atom is -0.494 e. The molecule has 178 valence electrons. The van der Waals surface area contributed by atoms with Crippen molar-refractivity contribution in [1.29, 1.82) is 0 Å². The predicted molar refractivity (Wildman–Crippen MR) is 141 cm³/mol. The Morgan fingerprint density at radius 2 is 1.94 bits per heavy atom. The second kappa shape index (κ2) is 12.3. The number of benzene rings is 2. The summed E-state index contributed by atoms with van der Waals surface area (Å²) in [6.45, 7) is 2.74. The Morgan fingerprint density at radius 1 is 1.14 bits per heavy atom. The van der Waals surface area contributed by atoms with Crippen molar-refractivity contribution in [3.8, 4) is 22.8 Å². The van der Waals surface area contributed by atoms with E-state index in [2.05, 4.69) is 48.6 Å². The van der Waals surface area contributed by atoms with Crippen LogP contribution in [0.4, 0.5) is 0 Å². The summed E-state index contributed by atoms with van der Waals surface area (Å²) in [5.74, 6) is 1.34. The number of hydrogen-bond acceptors (Lipinski definition) is 7. The molecule has 0 fully saturated rings. The van der Waals surface area contributed by atoms with Gasteiger partial charge in [0.2, 0.25) is 0 Å². The standard InChI is InChI=1S/C25H23BrN6O2S/c1-2-14-34-22-11-5-18(6-12-22)15-28-29-23(33)17-35-25-31-30-24(19-4-3-13-27-16-19)32(25)21-9-7-20(26)8-10-21/h3-13,15-16H,2,14,17H2,1H3,(H,29,33). The molecule has 0 saturated carbocycles. The third-order valence-corrected chi connectivity index (χ3v) is 6.18. The van der Waals surface area contributed by atoms with Gasteiger partial charge in [-0.2, -0.15) is 5.10 Å². The van der Waals surface area contributed by atoms with Crippen molar-refractivity contribution in [3.63, 3.8) is 0 Å². The van der Waals surface area contributed by atoms with Crippen LogP contribution < -0.4 is 10.2 Å². The van der Waals surface area contributed by atoms with Gasteiger partial charge in [-0.15, -0.1) is 10.2 Å². The molecule has 0 bridgehead atoms. The van der Waals surface area contributed by atoms with Crippen LogP contribution in [0.3, 0.4) is 0 Å². The Labute approximate surface area is 216 Å². The molecule has 2 aromatic heterocycles. The highest BCUT2D eigenvalue weighted by Gasteiger charge is 2.17. The normalized spacial score (nSPS) is 11.0. The lowest BCUT2D eigenvalue weighted by Gasteiger charge is -2.10. The third-order valence-electron chi connectivity index (χ3n) is 4.73. The van der Waals surface area contributed by atoms with Gasteiger partial charge in [0.05, 0.1) is 18.6 Å². The SMILES string of the molecule is CCCOc1ccc(C=NNC(=O)CSc2nnc(-c3cccnc3)n2-c2ccc(Br)cc2)cc1. The van der Waals surface area contributed by atoms with Gasteiger partial charge in [0.15, 0.2) is 11.0 Å². The molecule has 0 spiro atoms. The molecule has 2 heterocycles. The van der Waals surface area contributed by atoms with Crippen LogP contribution in [0.2, 0.25) is 0 Å². The van der Waals surface area contributed by atoms with E-state index < -0.39 is 0 Å². The maximum atomic E-state index is 12.4. The van der Waals surface area contributed by atoms with Crippen molar-refractivity contribution >= 4 is 39.8 Å². The molecule has 8 nitrogen and oxygen atoms in total. The van der Waals surface area contributed by atoms with Crippen molar-refractivity contribution in [2.75, 3.05) is 12.4 Å². The Kier molecular flexibility index (Phi) is 8.63. The van der Waals surface area contributed by atoms with E-state index in [9.17, 15) is 4.79 Å². The first-order valence-electron chi connectivity index (χ1n) is 10.9. The van der Waals surface area contributed by atoms with Gasteiger partial charge in [-0.3, -0.25) is 14.3 Å². The molecule has 1 amide bonds. The Morgan fingerprint density at radius 3 is 2.66 bits per heavy atom. The van der Waals surface area contributed by atoms with Gasteiger partial charge in [-0.05, 0) is 72.6 Å². The van der Waals surface area contributed by atoms with E-state index in [1.165, 1.54) is 11.8 Å². The van der Waals surface area contributed by atoms with E-state index in [0.29, 0.717) is 17.6 Å². The zero-order chi connectivity index (χ0) is 24.5. The summed E-state index contributed by atoms with van der Waals surface area (Å²) < 4.78 is 8.44. The molecule has 0 radical (unpaired) electrons. The lowest BCUT2D eigenvalue weighted by Crippen LogP contribution is -2.20. The molecule has 35 heavy (non-hydrogen) atoms. The Balaban J connectivity index is 1.42. The molecule has 4 rings (SSSR count). The van der Waals surface area contributed by atoms with E-state index >= 15 is 0 Å². The van der Waals surface area contributed by atoms with Crippen LogP contribution >= 0.6 is 27.7 Å². The second-order valence-electron chi connectivity index (χ2n) is 7.36. The number of carbonyl (C=O) groups is 1. The van der Waals surface area contributed by atoms with Crippen molar-refractivity contribution < 1.29 is 9.53 Å². The number of aromatic nitrogens is 4. The average molecular weight is 551 g/mol. The molecule has 0 atom stereocenters. The molecule has 2 aromatic carbocycles. The minimum atomic E-state index is -0.248. The summed E-state index contributed by atoms with van der Waals surface area (Å²) >= 11 is 4.75. The van der Waals surface area contributed by atoms with Gasteiger partial charge in [-0.1, -0.05) is 34.6 Å². The molecule has 4 aromatic rings. The molecule has 0 aliphatic rings. The summed E-state index contributed by atoms with van der Waals surface area (Å²) in [5.41, 5.74) is 5.13. The van der Waals surface area contributed by atoms with Gasteiger partial charge in [-0.25, -0.2) is 5.43 Å². The highest BCUT2D eigenvalue weighted by molar-refractivity contribution is 9.10. The quantitative estimate of drug-likeness (QED) is 0.167. The number of hydrazone groups is 1. The average Bonchev–Trinajstić information content (AvgIpc) is 3.32. The fourth-order valence-electron chi connectivity index (χ4n) is 3.08. The number of thioether (sulfide) groups is 1. The van der Waals surface area contributed by atoms with Crippen LogP contribution in [0.1, 0.15) is 18.9 Å². The molecule has 0 aliphatic heterocycles. The lowest BCUT2D eigenvalue weighted by atomic mass is 10.2. The van der Waals surface area contributed by atoms with Crippen molar-refractivity contribution in [3.05, 3.63) is 83.1 Å². The largest absolute Gasteiger partial charge is 0.494 e. The predicted octanol–water partition coefficient (Wildman–Crippen LogP) is 5.12. The van der Waals surface area contributed by atoms with Crippen molar-refractivity contribution in [2.45, 2.75) is 18.5 Å². The Hall–Kier alpha value is -3.50. The molecule has 1 N–H and O–H groups in total. The highest BCUT2D eigenvalue weighted by atomic mass is 79.9. The number of halogens is 1. The lowest BCUT2D eigenvalue weighted by molar-refractivity contribution is -0.118. The second-order valence-corrected chi connectivity index (χ2v) is 9.22. The van der Waals surface area contributed by atoms with E-state index in [4.69, 9.17) is 4.74 Å². The first-order chi connectivity index (χ1) is 17.1. The maximum absolute atomic E-state index is 12.4. The number of hydrogen-bond donors (Lipinski definition) is 1. The summed E-state index contributed by atoms with van der Waals surface area (Å²) in [6.07, 6.45) is 5.99. The monoisotopic (exact) mass is 550 g/mol. The molecule has 0 saturated heterocycles. The molecule has 0 aliphatic carbocycles. The zero-order valence-electron chi connectivity index (χ0n) is 19.0. The van der Waals surface area contributed by atoms with E-state index in [1.807, 2.05) is 65.2 Å². The maximum Gasteiger partial charge on any atom is 0.250 e.